The van der Waals surface area contributed by atoms with Crippen LogP contribution in [0.4, 0.5) is 32.3 Å². The molecule has 1 aromatic heterocycles. The van der Waals surface area contributed by atoms with Crippen molar-refractivity contribution < 1.29 is 39.6 Å². The molecule has 0 aromatic carbocycles. The lowest BCUT2D eigenvalue weighted by atomic mass is 9.61. The molecule has 1 saturated heterocycles. The van der Waals surface area contributed by atoms with Crippen molar-refractivity contribution in [2.75, 3.05) is 29.9 Å². The van der Waals surface area contributed by atoms with E-state index in [0.29, 0.717) is 6.20 Å². The number of fused-ring (bicyclic) bond motifs is 1. The van der Waals surface area contributed by atoms with Crippen LogP contribution in [0.3, 0.4) is 0 Å². The quantitative estimate of drug-likeness (QED) is 0.607. The van der Waals surface area contributed by atoms with E-state index in [9.17, 15) is 26.4 Å². The molecule has 0 spiro atoms. The molecule has 1 aliphatic heterocycles. The van der Waals surface area contributed by atoms with Crippen molar-refractivity contribution in [3.63, 3.8) is 0 Å². The number of aromatic nitrogens is 2. The number of amides is 1. The molecule has 1 amide bonds. The third-order valence-electron chi connectivity index (χ3n) is 7.56. The van der Waals surface area contributed by atoms with Gasteiger partial charge < -0.3 is 10.2 Å². The van der Waals surface area contributed by atoms with E-state index in [1.54, 1.807) is 0 Å². The number of hydrogen-bond acceptors (Lipinski definition) is 6. The fraction of sp³-hybridized carbons (Fsp3) is 0.762. The maximum atomic E-state index is 15.4. The molecule has 4 aliphatic carbocycles. The molecule has 194 valence electrons. The summed E-state index contributed by atoms with van der Waals surface area (Å²) in [5, 5.41) is 2.69. The molecule has 2 unspecified atom stereocenters. The Morgan fingerprint density at radius 3 is 2.09 bits per heavy atom. The first-order valence-corrected chi connectivity index (χ1v) is 13.1. The van der Waals surface area contributed by atoms with Crippen molar-refractivity contribution >= 4 is 21.7 Å². The van der Waals surface area contributed by atoms with Gasteiger partial charge in [-0.25, -0.2) is 31.6 Å². The van der Waals surface area contributed by atoms with Crippen LogP contribution in [0.2, 0.25) is 0 Å². The highest BCUT2D eigenvalue weighted by molar-refractivity contribution is 7.91. The van der Waals surface area contributed by atoms with Crippen LogP contribution in [-0.2, 0) is 16.0 Å². The summed E-state index contributed by atoms with van der Waals surface area (Å²) < 4.78 is 111. The van der Waals surface area contributed by atoms with E-state index in [4.69, 9.17) is 0 Å². The van der Waals surface area contributed by atoms with Crippen LogP contribution in [0.1, 0.15) is 61.0 Å². The lowest BCUT2D eigenvalue weighted by Gasteiger charge is -2.52. The lowest BCUT2D eigenvalue weighted by molar-refractivity contribution is -0.141. The summed E-state index contributed by atoms with van der Waals surface area (Å²) in [6.45, 7) is -0.520. The van der Waals surface area contributed by atoms with Gasteiger partial charge in [0.25, 0.3) is 5.91 Å². The van der Waals surface area contributed by atoms with Crippen molar-refractivity contribution in [3.8, 4) is 0 Å². The summed E-state index contributed by atoms with van der Waals surface area (Å²) in [4.78, 5) is 21.1. The molecule has 4 saturated carbocycles. The van der Waals surface area contributed by atoms with Crippen LogP contribution in [0.25, 0.3) is 0 Å². The molecule has 1 aromatic rings. The van der Waals surface area contributed by atoms with E-state index < -0.39 is 80.9 Å². The minimum absolute atomic E-state index is 0.00547. The monoisotopic (exact) mass is 526 g/mol. The highest BCUT2D eigenvalue weighted by Gasteiger charge is 2.67. The molecule has 2 heterocycles. The molecule has 4 bridgehead atoms. The van der Waals surface area contributed by atoms with E-state index in [-0.39, 0.29) is 50.3 Å². The fourth-order valence-electron chi connectivity index (χ4n) is 6.52. The summed E-state index contributed by atoms with van der Waals surface area (Å²) >= 11 is 0. The minimum Gasteiger partial charge on any atom is -0.349 e. The van der Waals surface area contributed by atoms with Gasteiger partial charge in [0.1, 0.15) is 17.0 Å². The minimum atomic E-state index is -5.06. The van der Waals surface area contributed by atoms with Gasteiger partial charge in [0.2, 0.25) is 5.95 Å². The number of halogens is 6. The second kappa shape index (κ2) is 7.45. The second-order valence-electron chi connectivity index (χ2n) is 10.6. The van der Waals surface area contributed by atoms with Gasteiger partial charge in [-0.15, -0.1) is 0 Å². The molecule has 5 fully saturated rings. The fourth-order valence-corrected chi connectivity index (χ4v) is 7.72. The molecular weight excluding hydrogens is 502 g/mol. The summed E-state index contributed by atoms with van der Waals surface area (Å²) in [6.07, 6.45) is -6.46. The first kappa shape index (κ1) is 24.6. The zero-order chi connectivity index (χ0) is 25.5. The normalized spacial score (nSPS) is 38.3. The van der Waals surface area contributed by atoms with Gasteiger partial charge in [0.05, 0.1) is 17.1 Å². The first-order valence-electron chi connectivity index (χ1n) is 11.3. The van der Waals surface area contributed by atoms with Crippen molar-refractivity contribution in [2.45, 2.75) is 73.7 Å². The Labute approximate surface area is 197 Å². The van der Waals surface area contributed by atoms with E-state index >= 15 is 13.2 Å². The van der Waals surface area contributed by atoms with Gasteiger partial charge in [-0.05, 0) is 12.8 Å². The highest BCUT2D eigenvalue weighted by Crippen LogP contribution is 2.62. The zero-order valence-corrected chi connectivity index (χ0v) is 19.4. The SMILES string of the molecule is O=C(c1cnc(NC23CCC4(F)CC(F)(CC(F)(C4)C2)C3)nc1C(F)(F)F)N1CCS(=O)(=O)CC1. The second-order valence-corrected chi connectivity index (χ2v) is 12.9. The molecule has 1 N–H and O–H groups in total. The smallest absolute Gasteiger partial charge is 0.349 e. The maximum Gasteiger partial charge on any atom is 0.434 e. The molecule has 5 aliphatic rings. The number of alkyl halides is 6. The van der Waals surface area contributed by atoms with Gasteiger partial charge in [-0.3, -0.25) is 4.79 Å². The first-order chi connectivity index (χ1) is 16.0. The van der Waals surface area contributed by atoms with E-state index in [1.165, 1.54) is 0 Å². The summed E-state index contributed by atoms with van der Waals surface area (Å²) in [6, 6.07) is 0. The molecule has 0 radical (unpaired) electrons. The Kier molecular flexibility index (Phi) is 5.23. The summed E-state index contributed by atoms with van der Waals surface area (Å²) in [5.41, 5.74) is -10.1. The average molecular weight is 527 g/mol. The Morgan fingerprint density at radius 1 is 0.943 bits per heavy atom. The van der Waals surface area contributed by atoms with E-state index in [0.717, 1.165) is 4.90 Å². The largest absolute Gasteiger partial charge is 0.434 e. The zero-order valence-electron chi connectivity index (χ0n) is 18.6. The number of rotatable bonds is 3. The third kappa shape index (κ3) is 4.57. The number of nitrogens with zero attached hydrogens (tertiary/aromatic N) is 3. The van der Waals surface area contributed by atoms with Gasteiger partial charge >= 0.3 is 6.18 Å². The Balaban J connectivity index is 1.45. The van der Waals surface area contributed by atoms with E-state index in [2.05, 4.69) is 15.3 Å². The van der Waals surface area contributed by atoms with Gasteiger partial charge in [-0.1, -0.05) is 0 Å². The number of carbonyl (C=O) groups is 1. The van der Waals surface area contributed by atoms with Gasteiger partial charge in [-0.2, -0.15) is 13.2 Å². The van der Waals surface area contributed by atoms with Crippen molar-refractivity contribution in [2.24, 2.45) is 0 Å². The van der Waals surface area contributed by atoms with Crippen molar-refractivity contribution in [1.82, 2.24) is 14.9 Å². The Bertz CT molecular complexity index is 1140. The Morgan fingerprint density at radius 2 is 1.51 bits per heavy atom. The maximum absolute atomic E-state index is 15.4. The van der Waals surface area contributed by atoms with Crippen LogP contribution in [0.5, 0.6) is 0 Å². The molecule has 6 rings (SSSR count). The number of hydrogen-bond donors (Lipinski definition) is 1. The van der Waals surface area contributed by atoms with Crippen LogP contribution >= 0.6 is 0 Å². The van der Waals surface area contributed by atoms with Crippen LogP contribution in [0.15, 0.2) is 6.20 Å². The average Bonchev–Trinajstić information content (AvgIpc) is 2.82. The molecule has 35 heavy (non-hydrogen) atoms. The predicted octanol–water partition coefficient (Wildman–Crippen LogP) is 3.41. The number of sulfone groups is 1. The van der Waals surface area contributed by atoms with Crippen molar-refractivity contribution in [3.05, 3.63) is 17.5 Å². The Hall–Kier alpha value is -2.12. The number of carbonyl (C=O) groups excluding carboxylic acids is 1. The van der Waals surface area contributed by atoms with Crippen LogP contribution in [-0.4, -0.2) is 76.3 Å². The summed E-state index contributed by atoms with van der Waals surface area (Å²) in [5.74, 6) is -2.35. The van der Waals surface area contributed by atoms with Crippen molar-refractivity contribution in [1.29, 1.82) is 0 Å². The highest BCUT2D eigenvalue weighted by atomic mass is 32.2. The van der Waals surface area contributed by atoms with Gasteiger partial charge in [0.15, 0.2) is 15.5 Å². The lowest BCUT2D eigenvalue weighted by Crippen LogP contribution is -2.59. The third-order valence-corrected chi connectivity index (χ3v) is 9.17. The van der Waals surface area contributed by atoms with Gasteiger partial charge in [0, 0.05) is 56.9 Å². The number of anilines is 1. The van der Waals surface area contributed by atoms with E-state index in [1.807, 2.05) is 0 Å². The predicted molar refractivity (Wildman–Crippen MR) is 112 cm³/mol. The molecular formula is C21H24F6N4O3S. The molecule has 7 nitrogen and oxygen atoms in total. The summed E-state index contributed by atoms with van der Waals surface area (Å²) in [7, 11) is -3.37. The number of nitrogens with one attached hydrogen (secondary N) is 1. The standard InChI is InChI=1S/C21H24F6N4O3S/c22-17-1-2-20(11-18(23,8-17)10-19(24,9-17)12-20)30-16-28-7-13(14(29-16)21(25,26)27)15(32)31-3-5-35(33,34)6-4-31/h7H,1-6,8-12H2,(H,28,29,30). The van der Waals surface area contributed by atoms with Crippen LogP contribution < -0.4 is 5.32 Å². The molecule has 2 atom stereocenters. The topological polar surface area (TPSA) is 92.3 Å². The molecule has 14 heteroatoms. The van der Waals surface area contributed by atoms with Crippen LogP contribution in [0, 0.1) is 0 Å².